The molecular weight excluding hydrogens is 170 g/mol. The summed E-state index contributed by atoms with van der Waals surface area (Å²) < 4.78 is 0. The van der Waals surface area contributed by atoms with E-state index < -0.39 is 0 Å². The van der Waals surface area contributed by atoms with E-state index in [-0.39, 0.29) is 0 Å². The quantitative estimate of drug-likeness (QED) is 0.751. The first-order valence-corrected chi connectivity index (χ1v) is 5.73. The van der Waals surface area contributed by atoms with Gasteiger partial charge >= 0.3 is 0 Å². The van der Waals surface area contributed by atoms with Gasteiger partial charge in [-0.3, -0.25) is 0 Å². The van der Waals surface area contributed by atoms with Gasteiger partial charge in [0, 0.05) is 5.56 Å². The number of nitrogens with two attached hydrogens (primary N) is 1. The summed E-state index contributed by atoms with van der Waals surface area (Å²) in [7, 11) is 0. The van der Waals surface area contributed by atoms with Gasteiger partial charge in [0.1, 0.15) is 6.54 Å². The van der Waals surface area contributed by atoms with Crippen molar-refractivity contribution in [2.45, 2.75) is 45.2 Å². The van der Waals surface area contributed by atoms with Gasteiger partial charge in [-0.15, -0.1) is 0 Å². The molecule has 0 atom stereocenters. The monoisotopic (exact) mass is 190 g/mol. The molecule has 0 bridgehead atoms. The number of benzene rings is 1. The first-order chi connectivity index (χ1) is 6.84. The lowest BCUT2D eigenvalue weighted by Gasteiger charge is -2.08. The zero-order chi connectivity index (χ0) is 9.80. The van der Waals surface area contributed by atoms with Gasteiger partial charge in [-0.1, -0.05) is 29.8 Å². The van der Waals surface area contributed by atoms with Crippen molar-refractivity contribution >= 4 is 0 Å². The predicted octanol–water partition coefficient (Wildman–Crippen LogP) is 2.00. The molecule has 0 radical (unpaired) electrons. The predicted molar refractivity (Wildman–Crippen MR) is 59.1 cm³/mol. The van der Waals surface area contributed by atoms with Crippen LogP contribution < -0.4 is 5.32 Å². The third kappa shape index (κ3) is 2.58. The smallest absolute Gasteiger partial charge is 0.101 e. The zero-order valence-corrected chi connectivity index (χ0v) is 9.00. The molecule has 1 heteroatoms. The van der Waals surface area contributed by atoms with Gasteiger partial charge in [-0.25, -0.2) is 0 Å². The molecule has 0 aliphatic heterocycles. The van der Waals surface area contributed by atoms with E-state index in [0.29, 0.717) is 0 Å². The molecule has 1 nitrogen and oxygen atoms in total. The molecule has 1 aliphatic carbocycles. The topological polar surface area (TPSA) is 16.6 Å². The molecule has 0 saturated heterocycles. The van der Waals surface area contributed by atoms with Gasteiger partial charge < -0.3 is 5.32 Å². The largest absolute Gasteiger partial charge is 0.340 e. The fourth-order valence-electron chi connectivity index (χ4n) is 2.33. The van der Waals surface area contributed by atoms with Crippen molar-refractivity contribution < 1.29 is 5.32 Å². The molecule has 14 heavy (non-hydrogen) atoms. The van der Waals surface area contributed by atoms with Gasteiger partial charge in [0.25, 0.3) is 0 Å². The van der Waals surface area contributed by atoms with Crippen LogP contribution in [0.3, 0.4) is 0 Å². The van der Waals surface area contributed by atoms with E-state index in [2.05, 4.69) is 36.5 Å². The first-order valence-electron chi connectivity index (χ1n) is 5.73. The van der Waals surface area contributed by atoms with Crippen LogP contribution in [0.5, 0.6) is 0 Å². The molecule has 1 aromatic rings. The number of rotatable bonds is 3. The van der Waals surface area contributed by atoms with Crippen LogP contribution in [0.1, 0.15) is 36.8 Å². The highest BCUT2D eigenvalue weighted by molar-refractivity contribution is 5.21. The van der Waals surface area contributed by atoms with E-state index in [9.17, 15) is 0 Å². The van der Waals surface area contributed by atoms with E-state index >= 15 is 0 Å². The maximum atomic E-state index is 2.52. The Morgan fingerprint density at radius 1 is 1.29 bits per heavy atom. The van der Waals surface area contributed by atoms with Crippen molar-refractivity contribution in [1.29, 1.82) is 0 Å². The van der Waals surface area contributed by atoms with E-state index in [1.807, 2.05) is 0 Å². The number of aryl methyl sites for hydroxylation is 1. The summed E-state index contributed by atoms with van der Waals surface area (Å²) in [4.78, 5) is 0. The lowest BCUT2D eigenvalue weighted by Crippen LogP contribution is -2.87. The Hall–Kier alpha value is -0.820. The minimum Gasteiger partial charge on any atom is -0.340 e. The fourth-order valence-corrected chi connectivity index (χ4v) is 2.33. The van der Waals surface area contributed by atoms with Crippen LogP contribution in [0.15, 0.2) is 24.3 Å². The molecule has 0 spiro atoms. The van der Waals surface area contributed by atoms with Crippen LogP contribution in [0.2, 0.25) is 0 Å². The molecule has 0 unspecified atom stereocenters. The lowest BCUT2D eigenvalue weighted by molar-refractivity contribution is -0.703. The second-order valence-corrected chi connectivity index (χ2v) is 4.47. The molecule has 1 aliphatic rings. The summed E-state index contributed by atoms with van der Waals surface area (Å²) >= 11 is 0. The molecule has 0 aromatic heterocycles. The van der Waals surface area contributed by atoms with Crippen molar-refractivity contribution in [2.24, 2.45) is 0 Å². The number of hydrogen-bond donors (Lipinski definition) is 1. The van der Waals surface area contributed by atoms with Crippen LogP contribution in [-0.2, 0) is 6.54 Å². The normalized spacial score (nSPS) is 17.5. The summed E-state index contributed by atoms with van der Waals surface area (Å²) in [5.41, 5.74) is 2.85. The molecule has 1 aromatic carbocycles. The van der Waals surface area contributed by atoms with Gasteiger partial charge in [0.05, 0.1) is 6.04 Å². The molecular formula is C13H20N+. The second-order valence-electron chi connectivity index (χ2n) is 4.47. The first kappa shape index (κ1) is 9.72. The van der Waals surface area contributed by atoms with Gasteiger partial charge in [-0.2, -0.15) is 0 Å². The van der Waals surface area contributed by atoms with E-state index in [4.69, 9.17) is 0 Å². The third-order valence-corrected chi connectivity index (χ3v) is 3.17. The minimum atomic E-state index is 0.899. The summed E-state index contributed by atoms with van der Waals surface area (Å²) in [5.74, 6) is 0. The lowest BCUT2D eigenvalue weighted by atomic mass is 10.1. The Labute approximate surface area is 86.5 Å². The third-order valence-electron chi connectivity index (χ3n) is 3.17. The summed E-state index contributed by atoms with van der Waals surface area (Å²) in [6.45, 7) is 3.32. The van der Waals surface area contributed by atoms with Crippen molar-refractivity contribution in [1.82, 2.24) is 0 Å². The standard InChI is InChI=1S/C13H19N/c1-11-5-4-6-12(9-11)10-14-13-7-2-3-8-13/h4-6,9,13-14H,2-3,7-8,10H2,1H3/p+1. The van der Waals surface area contributed by atoms with Crippen LogP contribution in [0, 0.1) is 6.92 Å². The Kier molecular flexibility index (Phi) is 3.20. The van der Waals surface area contributed by atoms with Crippen molar-refractivity contribution in [2.75, 3.05) is 0 Å². The Balaban J connectivity index is 1.85. The van der Waals surface area contributed by atoms with Crippen molar-refractivity contribution in [3.63, 3.8) is 0 Å². The Morgan fingerprint density at radius 3 is 2.79 bits per heavy atom. The molecule has 0 amide bonds. The fraction of sp³-hybridized carbons (Fsp3) is 0.538. The van der Waals surface area contributed by atoms with E-state index in [0.717, 1.165) is 12.6 Å². The summed E-state index contributed by atoms with van der Waals surface area (Å²) in [6.07, 6.45) is 5.72. The molecule has 76 valence electrons. The van der Waals surface area contributed by atoms with Crippen LogP contribution in [-0.4, -0.2) is 6.04 Å². The maximum absolute atomic E-state index is 2.52. The number of hydrogen-bond acceptors (Lipinski definition) is 0. The molecule has 1 fully saturated rings. The average molecular weight is 190 g/mol. The van der Waals surface area contributed by atoms with Crippen LogP contribution >= 0.6 is 0 Å². The van der Waals surface area contributed by atoms with Crippen LogP contribution in [0.4, 0.5) is 0 Å². The molecule has 2 N–H and O–H groups in total. The van der Waals surface area contributed by atoms with Gasteiger partial charge in [-0.05, 0) is 32.6 Å². The van der Waals surface area contributed by atoms with Gasteiger partial charge in [0.2, 0.25) is 0 Å². The average Bonchev–Trinajstić information content (AvgIpc) is 2.67. The summed E-state index contributed by atoms with van der Waals surface area (Å²) in [5, 5.41) is 2.52. The van der Waals surface area contributed by atoms with Crippen LogP contribution in [0.25, 0.3) is 0 Å². The Bertz CT molecular complexity index is 287. The summed E-state index contributed by atoms with van der Waals surface area (Å²) in [6, 6.07) is 9.76. The van der Waals surface area contributed by atoms with Crippen molar-refractivity contribution in [3.8, 4) is 0 Å². The van der Waals surface area contributed by atoms with E-state index in [1.165, 1.54) is 36.8 Å². The highest BCUT2D eigenvalue weighted by Gasteiger charge is 2.17. The van der Waals surface area contributed by atoms with Crippen molar-refractivity contribution in [3.05, 3.63) is 35.4 Å². The highest BCUT2D eigenvalue weighted by atomic mass is 14.9. The number of quaternary nitrogens is 1. The molecule has 1 saturated carbocycles. The molecule has 2 rings (SSSR count). The Morgan fingerprint density at radius 2 is 2.07 bits per heavy atom. The second kappa shape index (κ2) is 4.61. The maximum Gasteiger partial charge on any atom is 0.101 e. The van der Waals surface area contributed by atoms with E-state index in [1.54, 1.807) is 0 Å². The zero-order valence-electron chi connectivity index (χ0n) is 9.00. The highest BCUT2D eigenvalue weighted by Crippen LogP contribution is 2.14. The SMILES string of the molecule is Cc1cccc(C[NH2+]C2CCCC2)c1. The van der Waals surface area contributed by atoms with Gasteiger partial charge in [0.15, 0.2) is 0 Å². The minimum absolute atomic E-state index is 0.899. The molecule has 0 heterocycles.